The van der Waals surface area contributed by atoms with Crippen LogP contribution in [0.4, 0.5) is 0 Å². The average Bonchev–Trinajstić information content (AvgIpc) is 3.46. The highest BCUT2D eigenvalue weighted by Crippen LogP contribution is 2.27. The van der Waals surface area contributed by atoms with E-state index in [-0.39, 0.29) is 5.78 Å². The van der Waals surface area contributed by atoms with Crippen molar-refractivity contribution >= 4 is 22.8 Å². The standard InChI is InChI=1S/C23H25N5OS/c1-3-27(4-2)12-5-7-21(29)17-9-11-24-20(15-17)18-16-25-28-13-10-19(26-23(18)28)22-8-6-14-30-22/h6,8-11,13-16H,3-5,7,12H2,1-2H3. The number of rotatable bonds is 9. The number of ketones is 1. The average molecular weight is 420 g/mol. The van der Waals surface area contributed by atoms with Gasteiger partial charge in [-0.15, -0.1) is 11.3 Å². The summed E-state index contributed by atoms with van der Waals surface area (Å²) in [5, 5.41) is 6.44. The van der Waals surface area contributed by atoms with Crippen molar-refractivity contribution in [3.05, 3.63) is 59.9 Å². The molecule has 0 aliphatic carbocycles. The normalized spacial score (nSPS) is 11.4. The van der Waals surface area contributed by atoms with Gasteiger partial charge in [-0.1, -0.05) is 19.9 Å². The van der Waals surface area contributed by atoms with Gasteiger partial charge in [0.25, 0.3) is 0 Å². The number of hydrogen-bond acceptors (Lipinski definition) is 6. The Balaban J connectivity index is 1.57. The zero-order chi connectivity index (χ0) is 20.9. The second-order valence-corrected chi connectivity index (χ2v) is 8.05. The van der Waals surface area contributed by atoms with E-state index < -0.39 is 0 Å². The van der Waals surface area contributed by atoms with Crippen LogP contribution >= 0.6 is 11.3 Å². The SMILES string of the molecule is CCN(CC)CCCC(=O)c1ccnc(-c2cnn3ccc(-c4cccs4)nc23)c1. The molecule has 4 rings (SSSR count). The number of fused-ring (bicyclic) bond motifs is 1. The van der Waals surface area contributed by atoms with E-state index in [1.807, 2.05) is 29.8 Å². The van der Waals surface area contributed by atoms with Crippen molar-refractivity contribution in [2.75, 3.05) is 19.6 Å². The van der Waals surface area contributed by atoms with Gasteiger partial charge >= 0.3 is 0 Å². The van der Waals surface area contributed by atoms with Gasteiger partial charge in [0, 0.05) is 24.4 Å². The van der Waals surface area contributed by atoms with E-state index in [1.54, 1.807) is 34.3 Å². The van der Waals surface area contributed by atoms with Crippen molar-refractivity contribution in [2.24, 2.45) is 0 Å². The lowest BCUT2D eigenvalue weighted by Gasteiger charge is -2.17. The lowest BCUT2D eigenvalue weighted by molar-refractivity contribution is 0.0975. The molecule has 0 N–H and O–H groups in total. The Labute approximate surface area is 180 Å². The van der Waals surface area contributed by atoms with Crippen LogP contribution in [0, 0.1) is 0 Å². The van der Waals surface area contributed by atoms with Crippen LogP contribution in [0.1, 0.15) is 37.0 Å². The maximum atomic E-state index is 12.7. The van der Waals surface area contributed by atoms with Crippen LogP contribution in [0.15, 0.2) is 54.3 Å². The van der Waals surface area contributed by atoms with E-state index in [2.05, 4.69) is 34.9 Å². The summed E-state index contributed by atoms with van der Waals surface area (Å²) < 4.78 is 1.74. The summed E-state index contributed by atoms with van der Waals surface area (Å²) >= 11 is 1.65. The predicted octanol–water partition coefficient (Wildman–Crippen LogP) is 4.82. The Hall–Kier alpha value is -2.90. The Morgan fingerprint density at radius 1 is 1.17 bits per heavy atom. The van der Waals surface area contributed by atoms with Gasteiger partial charge in [0.1, 0.15) is 0 Å². The predicted molar refractivity (Wildman–Crippen MR) is 121 cm³/mol. The van der Waals surface area contributed by atoms with E-state index >= 15 is 0 Å². The molecule has 154 valence electrons. The molecule has 0 spiro atoms. The Kier molecular flexibility index (Phi) is 6.30. The lowest BCUT2D eigenvalue weighted by atomic mass is 10.1. The van der Waals surface area contributed by atoms with Crippen molar-refractivity contribution in [1.29, 1.82) is 0 Å². The fraction of sp³-hybridized carbons (Fsp3) is 0.304. The first kappa shape index (κ1) is 20.4. The number of carbonyl (C=O) groups excluding carboxylic acids is 1. The number of pyridine rings is 1. The quantitative estimate of drug-likeness (QED) is 0.364. The molecule has 0 bridgehead atoms. The summed E-state index contributed by atoms with van der Waals surface area (Å²) in [6.07, 6.45) is 6.76. The van der Waals surface area contributed by atoms with E-state index in [1.165, 1.54) is 0 Å². The molecule has 0 aliphatic heterocycles. The fourth-order valence-electron chi connectivity index (χ4n) is 3.51. The molecule has 4 heterocycles. The maximum Gasteiger partial charge on any atom is 0.165 e. The van der Waals surface area contributed by atoms with Gasteiger partial charge in [-0.2, -0.15) is 5.10 Å². The van der Waals surface area contributed by atoms with Crippen molar-refractivity contribution < 1.29 is 4.79 Å². The summed E-state index contributed by atoms with van der Waals surface area (Å²) in [6.45, 7) is 7.27. The number of hydrogen-bond donors (Lipinski definition) is 0. The number of carbonyl (C=O) groups is 1. The topological polar surface area (TPSA) is 63.4 Å². The second kappa shape index (κ2) is 9.28. The molecule has 30 heavy (non-hydrogen) atoms. The molecule has 7 heteroatoms. The first-order chi connectivity index (χ1) is 14.7. The second-order valence-electron chi connectivity index (χ2n) is 7.10. The molecule has 0 radical (unpaired) electrons. The number of thiophene rings is 1. The van der Waals surface area contributed by atoms with Gasteiger partial charge < -0.3 is 4.90 Å². The van der Waals surface area contributed by atoms with E-state index in [4.69, 9.17) is 4.98 Å². The molecule has 0 aliphatic rings. The molecule has 0 fully saturated rings. The molecule has 6 nitrogen and oxygen atoms in total. The van der Waals surface area contributed by atoms with Crippen LogP contribution in [-0.4, -0.2) is 49.9 Å². The van der Waals surface area contributed by atoms with E-state index in [9.17, 15) is 4.79 Å². The smallest absolute Gasteiger partial charge is 0.165 e. The summed E-state index contributed by atoms with van der Waals surface area (Å²) in [7, 11) is 0. The van der Waals surface area contributed by atoms with Gasteiger partial charge in [0.2, 0.25) is 0 Å². The van der Waals surface area contributed by atoms with Crippen molar-refractivity contribution in [1.82, 2.24) is 24.5 Å². The van der Waals surface area contributed by atoms with Gasteiger partial charge in [-0.05, 0) is 55.7 Å². The summed E-state index contributed by atoms with van der Waals surface area (Å²) in [5.74, 6) is 0.148. The van der Waals surface area contributed by atoms with Gasteiger partial charge in [-0.25, -0.2) is 9.50 Å². The Morgan fingerprint density at radius 3 is 2.80 bits per heavy atom. The molecular weight excluding hydrogens is 394 g/mol. The largest absolute Gasteiger partial charge is 0.304 e. The highest BCUT2D eigenvalue weighted by Gasteiger charge is 2.14. The molecule has 4 aromatic heterocycles. The van der Waals surface area contributed by atoms with Gasteiger partial charge in [-0.3, -0.25) is 9.78 Å². The zero-order valence-electron chi connectivity index (χ0n) is 17.3. The van der Waals surface area contributed by atoms with Gasteiger partial charge in [0.05, 0.1) is 28.0 Å². The van der Waals surface area contributed by atoms with Crippen LogP contribution in [0.25, 0.3) is 27.5 Å². The minimum absolute atomic E-state index is 0.148. The Bertz CT molecular complexity index is 1130. The van der Waals surface area contributed by atoms with Crippen LogP contribution < -0.4 is 0 Å². The molecule has 0 saturated carbocycles. The number of aromatic nitrogens is 4. The molecule has 0 amide bonds. The third-order valence-electron chi connectivity index (χ3n) is 5.27. The number of Topliss-reactive ketones (excluding diaryl/α,β-unsaturated/α-hetero) is 1. The molecule has 0 saturated heterocycles. The Morgan fingerprint density at radius 2 is 2.03 bits per heavy atom. The van der Waals surface area contributed by atoms with Crippen LogP contribution in [0.5, 0.6) is 0 Å². The highest BCUT2D eigenvalue weighted by atomic mass is 32.1. The van der Waals surface area contributed by atoms with Crippen molar-refractivity contribution in [3.63, 3.8) is 0 Å². The third kappa shape index (κ3) is 4.32. The van der Waals surface area contributed by atoms with E-state index in [0.717, 1.165) is 53.5 Å². The van der Waals surface area contributed by atoms with E-state index in [0.29, 0.717) is 12.0 Å². The first-order valence-electron chi connectivity index (χ1n) is 10.3. The van der Waals surface area contributed by atoms with Gasteiger partial charge in [0.15, 0.2) is 11.4 Å². The summed E-state index contributed by atoms with van der Waals surface area (Å²) in [6, 6.07) is 9.67. The van der Waals surface area contributed by atoms with Crippen LogP contribution in [0.2, 0.25) is 0 Å². The molecule has 4 aromatic rings. The first-order valence-corrected chi connectivity index (χ1v) is 11.2. The van der Waals surface area contributed by atoms with Crippen molar-refractivity contribution in [3.8, 4) is 21.8 Å². The minimum atomic E-state index is 0.148. The molecule has 0 atom stereocenters. The highest BCUT2D eigenvalue weighted by molar-refractivity contribution is 7.13. The summed E-state index contributed by atoms with van der Waals surface area (Å²) in [5.41, 5.74) is 3.87. The third-order valence-corrected chi connectivity index (χ3v) is 6.17. The summed E-state index contributed by atoms with van der Waals surface area (Å²) in [4.78, 5) is 25.4. The van der Waals surface area contributed by atoms with Crippen LogP contribution in [-0.2, 0) is 0 Å². The maximum absolute atomic E-state index is 12.7. The van der Waals surface area contributed by atoms with Crippen LogP contribution in [0.3, 0.4) is 0 Å². The lowest BCUT2D eigenvalue weighted by Crippen LogP contribution is -2.24. The molecule has 0 aromatic carbocycles. The monoisotopic (exact) mass is 419 g/mol. The zero-order valence-corrected chi connectivity index (χ0v) is 18.1. The van der Waals surface area contributed by atoms with Crippen molar-refractivity contribution in [2.45, 2.75) is 26.7 Å². The number of nitrogens with zero attached hydrogens (tertiary/aromatic N) is 5. The molecule has 0 unspecified atom stereocenters. The fourth-order valence-corrected chi connectivity index (χ4v) is 4.21. The minimum Gasteiger partial charge on any atom is -0.304 e. The molecular formula is C23H25N5OS.